The molecular weight excluding hydrogens is 326 g/mol. The van der Waals surface area contributed by atoms with E-state index in [0.29, 0.717) is 5.57 Å². The number of carbonyl (C=O) groups excluding carboxylic acids is 2. The van der Waals surface area contributed by atoms with Gasteiger partial charge in [0.25, 0.3) is 5.91 Å². The van der Waals surface area contributed by atoms with Crippen LogP contribution in [0.5, 0.6) is 0 Å². The predicted octanol–water partition coefficient (Wildman–Crippen LogP) is 4.72. The van der Waals surface area contributed by atoms with E-state index in [-0.39, 0.29) is 23.5 Å². The Hall–Kier alpha value is -2.10. The summed E-state index contributed by atoms with van der Waals surface area (Å²) in [7, 11) is 0. The van der Waals surface area contributed by atoms with Crippen molar-refractivity contribution < 1.29 is 14.7 Å². The first-order valence-corrected chi connectivity index (χ1v) is 9.60. The van der Waals surface area contributed by atoms with Crippen molar-refractivity contribution >= 4 is 17.4 Å². The van der Waals surface area contributed by atoms with Crippen molar-refractivity contribution in [2.45, 2.75) is 65.8 Å². The van der Waals surface area contributed by atoms with Crippen LogP contribution in [0.25, 0.3) is 0 Å². The Bertz CT molecular complexity index is 734. The molecule has 4 nitrogen and oxygen atoms in total. The molecule has 1 unspecified atom stereocenters. The molecule has 1 fully saturated rings. The molecule has 0 aromatic heterocycles. The van der Waals surface area contributed by atoms with E-state index >= 15 is 0 Å². The molecule has 26 heavy (non-hydrogen) atoms. The minimum atomic E-state index is -0.639. The number of carbonyl (C=O) groups is 2. The lowest BCUT2D eigenvalue weighted by Gasteiger charge is -2.36. The minimum absolute atomic E-state index is 0.131. The van der Waals surface area contributed by atoms with E-state index < -0.39 is 11.3 Å². The first-order chi connectivity index (χ1) is 12.2. The third-order valence-corrected chi connectivity index (χ3v) is 5.58. The molecule has 0 saturated heterocycles. The fourth-order valence-corrected chi connectivity index (χ4v) is 4.15. The van der Waals surface area contributed by atoms with Crippen LogP contribution in [0, 0.1) is 18.3 Å². The Morgan fingerprint density at radius 1 is 1.08 bits per heavy atom. The van der Waals surface area contributed by atoms with Crippen molar-refractivity contribution in [1.82, 2.24) is 0 Å². The molecule has 1 aromatic rings. The highest BCUT2D eigenvalue weighted by molar-refractivity contribution is 6.17. The van der Waals surface area contributed by atoms with Gasteiger partial charge in [0, 0.05) is 11.1 Å². The molecule has 2 aliphatic rings. The second-order valence-corrected chi connectivity index (χ2v) is 8.70. The summed E-state index contributed by atoms with van der Waals surface area (Å²) < 4.78 is 0. The summed E-state index contributed by atoms with van der Waals surface area (Å²) >= 11 is 0. The van der Waals surface area contributed by atoms with Gasteiger partial charge in [0.1, 0.15) is 0 Å². The van der Waals surface area contributed by atoms with E-state index in [2.05, 4.69) is 0 Å². The largest absolute Gasteiger partial charge is 0.503 e. The van der Waals surface area contributed by atoms with Gasteiger partial charge in [-0.15, -0.1) is 0 Å². The van der Waals surface area contributed by atoms with Crippen LogP contribution in [0.15, 0.2) is 35.6 Å². The van der Waals surface area contributed by atoms with Crippen LogP contribution in [0.4, 0.5) is 5.69 Å². The number of hydrogen-bond acceptors (Lipinski definition) is 3. The highest BCUT2D eigenvalue weighted by atomic mass is 16.3. The SMILES string of the molecule is Cc1ccc(N2C(=O)C(O)=C(C(=O)C(C)(C)C)C2C2CCCCC2)cc1. The van der Waals surface area contributed by atoms with Crippen LogP contribution < -0.4 is 4.90 Å². The van der Waals surface area contributed by atoms with Crippen molar-refractivity contribution in [2.24, 2.45) is 11.3 Å². The molecule has 1 aromatic carbocycles. The number of ketones is 1. The number of nitrogens with zero attached hydrogens (tertiary/aromatic N) is 1. The molecule has 1 aliphatic carbocycles. The van der Waals surface area contributed by atoms with Crippen LogP contribution in [0.2, 0.25) is 0 Å². The number of aliphatic hydroxyl groups excluding tert-OH is 1. The lowest BCUT2D eigenvalue weighted by atomic mass is 9.76. The fourth-order valence-electron chi connectivity index (χ4n) is 4.15. The number of benzene rings is 1. The summed E-state index contributed by atoms with van der Waals surface area (Å²) in [6, 6.07) is 7.36. The maximum absolute atomic E-state index is 13.1. The summed E-state index contributed by atoms with van der Waals surface area (Å²) in [5, 5.41) is 10.6. The van der Waals surface area contributed by atoms with Gasteiger partial charge in [-0.1, -0.05) is 57.7 Å². The molecule has 0 bridgehead atoms. The molecule has 0 spiro atoms. The number of amides is 1. The molecular formula is C22H29NO3. The molecule has 3 rings (SSSR count). The van der Waals surface area contributed by atoms with E-state index in [1.54, 1.807) is 4.90 Å². The highest BCUT2D eigenvalue weighted by Gasteiger charge is 2.48. The zero-order chi connectivity index (χ0) is 19.1. The molecule has 0 radical (unpaired) electrons. The van der Waals surface area contributed by atoms with E-state index in [1.165, 1.54) is 6.42 Å². The average Bonchev–Trinajstić information content (AvgIpc) is 2.86. The maximum atomic E-state index is 13.1. The smallest absolute Gasteiger partial charge is 0.294 e. The van der Waals surface area contributed by atoms with Gasteiger partial charge in [-0.25, -0.2) is 0 Å². The molecule has 1 N–H and O–H groups in total. The Morgan fingerprint density at radius 3 is 2.19 bits per heavy atom. The maximum Gasteiger partial charge on any atom is 0.294 e. The molecule has 1 saturated carbocycles. The number of aryl methyl sites for hydroxylation is 1. The summed E-state index contributed by atoms with van der Waals surface area (Å²) in [5.74, 6) is -0.730. The zero-order valence-electron chi connectivity index (χ0n) is 16.2. The van der Waals surface area contributed by atoms with Crippen molar-refractivity contribution in [3.8, 4) is 0 Å². The number of aliphatic hydroxyl groups is 1. The monoisotopic (exact) mass is 355 g/mol. The molecule has 1 amide bonds. The van der Waals surface area contributed by atoms with Crippen LogP contribution in [0.3, 0.4) is 0 Å². The minimum Gasteiger partial charge on any atom is -0.503 e. The first kappa shape index (κ1) is 18.7. The van der Waals surface area contributed by atoms with Crippen molar-refractivity contribution in [2.75, 3.05) is 4.90 Å². The lowest BCUT2D eigenvalue weighted by Crippen LogP contribution is -2.44. The number of hydrogen-bond donors (Lipinski definition) is 1. The number of rotatable bonds is 3. The van der Waals surface area contributed by atoms with Gasteiger partial charge < -0.3 is 5.11 Å². The normalized spacial score (nSPS) is 22.2. The Morgan fingerprint density at radius 2 is 1.65 bits per heavy atom. The van der Waals surface area contributed by atoms with Gasteiger partial charge in [0.2, 0.25) is 0 Å². The number of anilines is 1. The Balaban J connectivity index is 2.08. The quantitative estimate of drug-likeness (QED) is 0.853. The molecule has 1 atom stereocenters. The van der Waals surface area contributed by atoms with Crippen LogP contribution in [-0.4, -0.2) is 22.8 Å². The second-order valence-electron chi connectivity index (χ2n) is 8.70. The average molecular weight is 355 g/mol. The van der Waals surface area contributed by atoms with Crippen molar-refractivity contribution in [3.63, 3.8) is 0 Å². The lowest BCUT2D eigenvalue weighted by molar-refractivity contribution is -0.123. The standard InChI is InChI=1S/C22H29NO3/c1-14-10-12-16(13-11-14)23-18(15-8-6-5-7-9-15)17(19(24)21(23)26)20(25)22(2,3)4/h10-13,15,18,24H,5-9H2,1-4H3. The third-order valence-electron chi connectivity index (χ3n) is 5.58. The van der Waals surface area contributed by atoms with Crippen LogP contribution >= 0.6 is 0 Å². The van der Waals surface area contributed by atoms with Gasteiger partial charge in [0.15, 0.2) is 11.5 Å². The fraction of sp³-hybridized carbons (Fsp3) is 0.545. The zero-order valence-corrected chi connectivity index (χ0v) is 16.2. The highest BCUT2D eigenvalue weighted by Crippen LogP contribution is 2.42. The topological polar surface area (TPSA) is 57.6 Å². The summed E-state index contributed by atoms with van der Waals surface area (Å²) in [5.41, 5.74) is 1.53. The third kappa shape index (κ3) is 3.29. The van der Waals surface area contributed by atoms with Crippen molar-refractivity contribution in [1.29, 1.82) is 0 Å². The van der Waals surface area contributed by atoms with Crippen LogP contribution in [0.1, 0.15) is 58.4 Å². The van der Waals surface area contributed by atoms with Gasteiger partial charge in [-0.2, -0.15) is 0 Å². The summed E-state index contributed by atoms with van der Waals surface area (Å²) in [4.78, 5) is 27.7. The van der Waals surface area contributed by atoms with E-state index in [4.69, 9.17) is 0 Å². The van der Waals surface area contributed by atoms with Crippen LogP contribution in [-0.2, 0) is 9.59 Å². The molecule has 4 heteroatoms. The first-order valence-electron chi connectivity index (χ1n) is 9.60. The predicted molar refractivity (Wildman–Crippen MR) is 103 cm³/mol. The Labute approximate surface area is 155 Å². The molecule has 1 aliphatic heterocycles. The van der Waals surface area contributed by atoms with Gasteiger partial charge in [0.05, 0.1) is 11.6 Å². The van der Waals surface area contributed by atoms with E-state index in [9.17, 15) is 14.7 Å². The Kier molecular flexibility index (Phi) is 4.96. The molecule has 140 valence electrons. The van der Waals surface area contributed by atoms with E-state index in [0.717, 1.165) is 36.9 Å². The van der Waals surface area contributed by atoms with E-state index in [1.807, 2.05) is 52.0 Å². The molecule has 1 heterocycles. The number of Topliss-reactive ketones (excluding diaryl/α,β-unsaturated/α-hetero) is 1. The van der Waals surface area contributed by atoms with Crippen molar-refractivity contribution in [3.05, 3.63) is 41.2 Å². The second kappa shape index (κ2) is 6.90. The van der Waals surface area contributed by atoms with Gasteiger partial charge >= 0.3 is 0 Å². The van der Waals surface area contributed by atoms with Gasteiger partial charge in [-0.05, 0) is 37.8 Å². The summed E-state index contributed by atoms with van der Waals surface area (Å²) in [6.45, 7) is 7.52. The summed E-state index contributed by atoms with van der Waals surface area (Å²) in [6.07, 6.45) is 5.37. The van der Waals surface area contributed by atoms with Gasteiger partial charge in [-0.3, -0.25) is 14.5 Å².